The van der Waals surface area contributed by atoms with Crippen LogP contribution in [0.1, 0.15) is 24.8 Å². The third-order valence-corrected chi connectivity index (χ3v) is 4.26. The lowest BCUT2D eigenvalue weighted by molar-refractivity contribution is 0.120. The highest BCUT2D eigenvalue weighted by Gasteiger charge is 2.37. The fraction of sp³-hybridized carbons (Fsp3) is 0.333. The van der Waals surface area contributed by atoms with Crippen LogP contribution in [0.5, 0.6) is 0 Å². The van der Waals surface area contributed by atoms with Gasteiger partial charge >= 0.3 is 0 Å². The molecule has 0 bridgehead atoms. The molecule has 88 valence electrons. The number of benzene rings is 2. The monoisotopic (exact) mass is 246 g/mol. The molecular formula is C15H15ClO. The third kappa shape index (κ3) is 1.74. The van der Waals surface area contributed by atoms with E-state index in [1.807, 2.05) is 18.2 Å². The third-order valence-electron chi connectivity index (χ3n) is 4.03. The normalized spacial score (nSPS) is 18.0. The van der Waals surface area contributed by atoms with E-state index < -0.39 is 0 Å². The van der Waals surface area contributed by atoms with Crippen molar-refractivity contribution in [2.24, 2.45) is 0 Å². The first-order chi connectivity index (χ1) is 8.23. The molecule has 1 fully saturated rings. The summed E-state index contributed by atoms with van der Waals surface area (Å²) < 4.78 is 0. The van der Waals surface area contributed by atoms with Gasteiger partial charge < -0.3 is 5.11 Å². The Morgan fingerprint density at radius 1 is 1.06 bits per heavy atom. The Hall–Kier alpha value is -1.05. The van der Waals surface area contributed by atoms with Crippen LogP contribution >= 0.6 is 11.6 Å². The maximum atomic E-state index is 9.59. The second kappa shape index (κ2) is 4.01. The molecule has 1 nitrogen and oxygen atoms in total. The van der Waals surface area contributed by atoms with Crippen LogP contribution in [0, 0.1) is 0 Å². The van der Waals surface area contributed by atoms with Crippen molar-refractivity contribution in [3.63, 3.8) is 0 Å². The van der Waals surface area contributed by atoms with E-state index in [9.17, 15) is 5.11 Å². The van der Waals surface area contributed by atoms with E-state index in [1.54, 1.807) is 0 Å². The number of aliphatic hydroxyl groups excluding tert-OH is 1. The number of halogens is 1. The summed E-state index contributed by atoms with van der Waals surface area (Å²) in [6.45, 7) is 0.256. The van der Waals surface area contributed by atoms with Gasteiger partial charge in [0.15, 0.2) is 0 Å². The minimum absolute atomic E-state index is 0.0217. The molecule has 1 aliphatic rings. The van der Waals surface area contributed by atoms with E-state index in [4.69, 9.17) is 11.6 Å². The summed E-state index contributed by atoms with van der Waals surface area (Å²) in [4.78, 5) is 0. The van der Waals surface area contributed by atoms with Gasteiger partial charge in [-0.2, -0.15) is 0 Å². The van der Waals surface area contributed by atoms with E-state index >= 15 is 0 Å². The summed E-state index contributed by atoms with van der Waals surface area (Å²) in [7, 11) is 0. The van der Waals surface area contributed by atoms with Gasteiger partial charge in [0.05, 0.1) is 6.61 Å². The lowest BCUT2D eigenvalue weighted by atomic mass is 9.65. The molecule has 3 rings (SSSR count). The van der Waals surface area contributed by atoms with E-state index in [0.29, 0.717) is 0 Å². The Kier molecular flexibility index (Phi) is 2.61. The van der Waals surface area contributed by atoms with Crippen molar-refractivity contribution in [2.45, 2.75) is 24.7 Å². The zero-order chi connectivity index (χ0) is 11.9. The highest BCUT2D eigenvalue weighted by Crippen LogP contribution is 2.43. The fourth-order valence-corrected chi connectivity index (χ4v) is 2.87. The Balaban J connectivity index is 2.10. The smallest absolute Gasteiger partial charge is 0.0527 e. The lowest BCUT2D eigenvalue weighted by Gasteiger charge is -2.41. The lowest BCUT2D eigenvalue weighted by Crippen LogP contribution is -2.37. The summed E-state index contributed by atoms with van der Waals surface area (Å²) in [5.41, 5.74) is 1.29. The standard InChI is InChI=1S/C15H15ClO/c16-14-5-3-11-8-13(4-2-12(11)9-14)15(10-17)6-1-7-15/h2-5,8-9,17H,1,6-7,10H2. The predicted octanol–water partition coefficient (Wildman–Crippen LogP) is 3.91. The SMILES string of the molecule is OCC1(c2ccc3cc(Cl)ccc3c2)CCC1. The van der Waals surface area contributed by atoms with E-state index in [-0.39, 0.29) is 12.0 Å². The molecule has 0 heterocycles. The summed E-state index contributed by atoms with van der Waals surface area (Å²) in [6, 6.07) is 12.4. The molecule has 2 aromatic carbocycles. The van der Waals surface area contributed by atoms with E-state index in [1.165, 1.54) is 17.4 Å². The first-order valence-electron chi connectivity index (χ1n) is 6.04. The summed E-state index contributed by atoms with van der Waals surface area (Å²) in [5, 5.41) is 12.7. The number of fused-ring (bicyclic) bond motifs is 1. The molecular weight excluding hydrogens is 232 g/mol. The zero-order valence-corrected chi connectivity index (χ0v) is 10.4. The van der Waals surface area contributed by atoms with Crippen LogP contribution in [0.15, 0.2) is 36.4 Å². The van der Waals surface area contributed by atoms with E-state index in [0.717, 1.165) is 23.3 Å². The quantitative estimate of drug-likeness (QED) is 0.852. The largest absolute Gasteiger partial charge is 0.395 e. The molecule has 0 radical (unpaired) electrons. The fourth-order valence-electron chi connectivity index (χ4n) is 2.69. The van der Waals surface area contributed by atoms with Crippen LogP contribution in [-0.2, 0) is 5.41 Å². The minimum atomic E-state index is 0.0217. The minimum Gasteiger partial charge on any atom is -0.395 e. The van der Waals surface area contributed by atoms with Crippen molar-refractivity contribution in [1.82, 2.24) is 0 Å². The Bertz CT molecular complexity index is 552. The average Bonchev–Trinajstić information content (AvgIpc) is 2.28. The molecule has 1 saturated carbocycles. The number of rotatable bonds is 2. The highest BCUT2D eigenvalue weighted by atomic mass is 35.5. The van der Waals surface area contributed by atoms with Crippen LogP contribution < -0.4 is 0 Å². The van der Waals surface area contributed by atoms with Gasteiger partial charge in [-0.1, -0.05) is 42.3 Å². The van der Waals surface area contributed by atoms with Gasteiger partial charge in [0.1, 0.15) is 0 Å². The van der Waals surface area contributed by atoms with E-state index in [2.05, 4.69) is 18.2 Å². The second-order valence-electron chi connectivity index (χ2n) is 5.00. The Morgan fingerprint density at radius 2 is 1.76 bits per heavy atom. The molecule has 2 aromatic rings. The maximum absolute atomic E-state index is 9.59. The van der Waals surface area contributed by atoms with Crippen molar-refractivity contribution in [3.05, 3.63) is 47.0 Å². The maximum Gasteiger partial charge on any atom is 0.0527 e. The average molecular weight is 247 g/mol. The molecule has 1 N–H and O–H groups in total. The van der Waals surface area contributed by atoms with Crippen molar-refractivity contribution in [1.29, 1.82) is 0 Å². The van der Waals surface area contributed by atoms with Gasteiger partial charge in [0.25, 0.3) is 0 Å². The molecule has 0 atom stereocenters. The molecule has 2 heteroatoms. The number of hydrogen-bond donors (Lipinski definition) is 1. The molecule has 0 aromatic heterocycles. The highest BCUT2D eigenvalue weighted by molar-refractivity contribution is 6.31. The number of aliphatic hydroxyl groups is 1. The van der Waals surface area contributed by atoms with Gasteiger partial charge in [-0.05, 0) is 41.3 Å². The molecule has 0 aliphatic heterocycles. The summed E-state index contributed by atoms with van der Waals surface area (Å²) >= 11 is 5.97. The predicted molar refractivity (Wildman–Crippen MR) is 71.6 cm³/mol. The Morgan fingerprint density at radius 3 is 2.41 bits per heavy atom. The molecule has 0 amide bonds. The molecule has 0 spiro atoms. The van der Waals surface area contributed by atoms with Gasteiger partial charge in [0, 0.05) is 10.4 Å². The molecule has 0 saturated heterocycles. The van der Waals surface area contributed by atoms with Gasteiger partial charge in [-0.3, -0.25) is 0 Å². The van der Waals surface area contributed by atoms with Gasteiger partial charge in [-0.25, -0.2) is 0 Å². The van der Waals surface area contributed by atoms with Crippen LogP contribution in [0.4, 0.5) is 0 Å². The summed E-state index contributed by atoms with van der Waals surface area (Å²) in [5.74, 6) is 0. The van der Waals surface area contributed by atoms with Crippen molar-refractivity contribution in [3.8, 4) is 0 Å². The topological polar surface area (TPSA) is 20.2 Å². The van der Waals surface area contributed by atoms with Crippen molar-refractivity contribution in [2.75, 3.05) is 6.61 Å². The van der Waals surface area contributed by atoms with Crippen LogP contribution in [-0.4, -0.2) is 11.7 Å². The Labute approximate surface area is 106 Å². The first kappa shape index (κ1) is 11.1. The van der Waals surface area contributed by atoms with Crippen LogP contribution in [0.25, 0.3) is 10.8 Å². The van der Waals surface area contributed by atoms with Crippen LogP contribution in [0.2, 0.25) is 5.02 Å². The molecule has 0 unspecified atom stereocenters. The first-order valence-corrected chi connectivity index (χ1v) is 6.42. The molecule has 17 heavy (non-hydrogen) atoms. The van der Waals surface area contributed by atoms with Gasteiger partial charge in [-0.15, -0.1) is 0 Å². The number of hydrogen-bond acceptors (Lipinski definition) is 1. The second-order valence-corrected chi connectivity index (χ2v) is 5.43. The van der Waals surface area contributed by atoms with Gasteiger partial charge in [0.2, 0.25) is 0 Å². The zero-order valence-electron chi connectivity index (χ0n) is 9.62. The van der Waals surface area contributed by atoms with Crippen LogP contribution in [0.3, 0.4) is 0 Å². The van der Waals surface area contributed by atoms with Crippen molar-refractivity contribution >= 4 is 22.4 Å². The van der Waals surface area contributed by atoms with Crippen molar-refractivity contribution < 1.29 is 5.11 Å². The molecule has 1 aliphatic carbocycles. The summed E-state index contributed by atoms with van der Waals surface area (Å²) in [6.07, 6.45) is 3.42.